The van der Waals surface area contributed by atoms with Gasteiger partial charge in [0.1, 0.15) is 5.82 Å². The van der Waals surface area contributed by atoms with E-state index in [1.165, 1.54) is 11.1 Å². The second-order valence-electron chi connectivity index (χ2n) is 9.26. The summed E-state index contributed by atoms with van der Waals surface area (Å²) in [7, 11) is 0. The van der Waals surface area contributed by atoms with Crippen LogP contribution < -0.4 is 5.32 Å². The molecule has 1 atom stereocenters. The number of aromatic amines is 1. The highest BCUT2D eigenvalue weighted by Crippen LogP contribution is 2.32. The van der Waals surface area contributed by atoms with E-state index in [-0.39, 0.29) is 34.0 Å². The first-order valence-electron chi connectivity index (χ1n) is 12.2. The molecular weight excluding hydrogens is 519 g/mol. The molecule has 0 fully saturated rings. The Hall–Kier alpha value is -3.71. The van der Waals surface area contributed by atoms with Crippen molar-refractivity contribution in [2.45, 2.75) is 26.4 Å². The van der Waals surface area contributed by atoms with Gasteiger partial charge in [-0.3, -0.25) is 9.78 Å². The van der Waals surface area contributed by atoms with Crippen LogP contribution in [0.15, 0.2) is 72.9 Å². The zero-order chi connectivity index (χ0) is 26.8. The number of hydrogen-bond donors (Lipinski definition) is 3. The first-order chi connectivity index (χ1) is 18.3. The summed E-state index contributed by atoms with van der Waals surface area (Å²) in [5.41, 5.74) is 7.49. The first kappa shape index (κ1) is 25.9. The third kappa shape index (κ3) is 5.29. The van der Waals surface area contributed by atoms with Gasteiger partial charge in [-0.05, 0) is 66.4 Å². The van der Waals surface area contributed by atoms with Gasteiger partial charge in [0.25, 0.3) is 5.91 Å². The molecule has 192 valence electrons. The van der Waals surface area contributed by atoms with Crippen LogP contribution in [0.4, 0.5) is 0 Å². The molecule has 2 heterocycles. The summed E-state index contributed by atoms with van der Waals surface area (Å²) in [6.07, 6.45) is 1.63. The number of halogens is 2. The quantitative estimate of drug-likeness (QED) is 0.215. The molecule has 38 heavy (non-hydrogen) atoms. The number of hydrogen-bond acceptors (Lipinski definition) is 4. The molecule has 0 saturated heterocycles. The minimum Gasteiger partial charge on any atom is -0.390 e. The maximum absolute atomic E-state index is 13.3. The Labute approximate surface area is 230 Å². The van der Waals surface area contributed by atoms with Crippen molar-refractivity contribution in [3.05, 3.63) is 117 Å². The first-order valence-corrected chi connectivity index (χ1v) is 12.9. The minimum absolute atomic E-state index is 0.141. The van der Waals surface area contributed by atoms with Gasteiger partial charge in [-0.25, -0.2) is 4.98 Å². The number of aryl methyl sites for hydroxylation is 2. The number of carbonyl (C=O) groups excluding carboxylic acids is 1. The van der Waals surface area contributed by atoms with Gasteiger partial charge in [0.2, 0.25) is 0 Å². The smallest absolute Gasteiger partial charge is 0.254 e. The van der Waals surface area contributed by atoms with Crippen LogP contribution in [0.5, 0.6) is 0 Å². The second-order valence-corrected chi connectivity index (χ2v) is 10.1. The monoisotopic (exact) mass is 544 g/mol. The van der Waals surface area contributed by atoms with Crippen LogP contribution in [0.25, 0.3) is 22.2 Å². The van der Waals surface area contributed by atoms with Crippen LogP contribution in [0.2, 0.25) is 10.0 Å². The molecule has 8 heteroatoms. The number of H-pyrrole nitrogens is 1. The standard InChI is InChI=1S/C30H26Cl2N4O2/c1-17-10-26-27(11-18(17)2)36-29(35-26)23(19-6-4-3-5-7-19)15-34-30(38)28-24(31)12-21(13-25(28)32)20-8-9-22(16-37)33-14-20/h3-14,23,37H,15-16H2,1-2H3,(H,34,38)(H,35,36). The fourth-order valence-electron chi connectivity index (χ4n) is 4.44. The van der Waals surface area contributed by atoms with E-state index in [0.29, 0.717) is 12.2 Å². The lowest BCUT2D eigenvalue weighted by molar-refractivity contribution is 0.0952. The number of amides is 1. The summed E-state index contributed by atoms with van der Waals surface area (Å²) in [4.78, 5) is 25.8. The van der Waals surface area contributed by atoms with Crippen molar-refractivity contribution in [2.75, 3.05) is 6.54 Å². The number of aromatic nitrogens is 3. The van der Waals surface area contributed by atoms with Crippen LogP contribution in [-0.4, -0.2) is 32.5 Å². The van der Waals surface area contributed by atoms with E-state index in [4.69, 9.17) is 28.2 Å². The number of aliphatic hydroxyl groups excluding tert-OH is 1. The lowest BCUT2D eigenvalue weighted by Crippen LogP contribution is -2.29. The molecule has 0 bridgehead atoms. The fraction of sp³-hybridized carbons (Fsp3) is 0.167. The maximum atomic E-state index is 13.3. The number of rotatable bonds is 7. The Morgan fingerprint density at radius 1 is 0.974 bits per heavy atom. The molecule has 1 unspecified atom stereocenters. The van der Waals surface area contributed by atoms with Crippen molar-refractivity contribution in [2.24, 2.45) is 0 Å². The third-order valence-corrected chi connectivity index (χ3v) is 7.30. The van der Waals surface area contributed by atoms with E-state index in [1.54, 1.807) is 24.4 Å². The van der Waals surface area contributed by atoms with E-state index < -0.39 is 0 Å². The van der Waals surface area contributed by atoms with Crippen molar-refractivity contribution in [3.63, 3.8) is 0 Å². The van der Waals surface area contributed by atoms with E-state index in [0.717, 1.165) is 33.5 Å². The molecule has 0 saturated carbocycles. The van der Waals surface area contributed by atoms with Crippen LogP contribution in [0, 0.1) is 13.8 Å². The maximum Gasteiger partial charge on any atom is 0.254 e. The Bertz CT molecular complexity index is 1550. The molecule has 0 aliphatic heterocycles. The molecule has 0 radical (unpaired) electrons. The number of carbonyl (C=O) groups is 1. The SMILES string of the molecule is Cc1cc2nc(C(CNC(=O)c3c(Cl)cc(-c4ccc(CO)nc4)cc3Cl)c3ccccc3)[nH]c2cc1C. The summed E-state index contributed by atoms with van der Waals surface area (Å²) < 4.78 is 0. The molecule has 3 N–H and O–H groups in total. The predicted molar refractivity (Wildman–Crippen MR) is 152 cm³/mol. The normalized spacial score (nSPS) is 12.0. The van der Waals surface area contributed by atoms with Crippen molar-refractivity contribution in [1.82, 2.24) is 20.3 Å². The highest BCUT2D eigenvalue weighted by molar-refractivity contribution is 6.40. The molecule has 0 aliphatic rings. The van der Waals surface area contributed by atoms with E-state index >= 15 is 0 Å². The largest absolute Gasteiger partial charge is 0.390 e. The topological polar surface area (TPSA) is 90.9 Å². The minimum atomic E-state index is -0.371. The summed E-state index contributed by atoms with van der Waals surface area (Å²) >= 11 is 13.1. The molecule has 5 aromatic rings. The van der Waals surface area contributed by atoms with Crippen molar-refractivity contribution in [1.29, 1.82) is 0 Å². The average Bonchev–Trinajstić information content (AvgIpc) is 3.31. The van der Waals surface area contributed by atoms with Crippen LogP contribution >= 0.6 is 23.2 Å². The van der Waals surface area contributed by atoms with Gasteiger partial charge in [0.05, 0.1) is 44.9 Å². The van der Waals surface area contributed by atoms with Gasteiger partial charge >= 0.3 is 0 Å². The number of nitrogens with zero attached hydrogens (tertiary/aromatic N) is 2. The van der Waals surface area contributed by atoms with Gasteiger partial charge in [0, 0.05) is 18.3 Å². The fourth-order valence-corrected chi connectivity index (χ4v) is 5.10. The molecule has 2 aromatic heterocycles. The summed E-state index contributed by atoms with van der Waals surface area (Å²) in [5.74, 6) is 0.188. The molecule has 3 aromatic carbocycles. The Kier molecular flexibility index (Phi) is 7.47. The Morgan fingerprint density at radius 3 is 2.34 bits per heavy atom. The molecular formula is C30H26Cl2N4O2. The molecule has 5 rings (SSSR count). The van der Waals surface area contributed by atoms with Crippen molar-refractivity contribution >= 4 is 40.1 Å². The average molecular weight is 545 g/mol. The molecule has 6 nitrogen and oxygen atoms in total. The van der Waals surface area contributed by atoms with Gasteiger partial charge in [-0.1, -0.05) is 59.6 Å². The van der Waals surface area contributed by atoms with E-state index in [9.17, 15) is 9.90 Å². The third-order valence-electron chi connectivity index (χ3n) is 6.70. The predicted octanol–water partition coefficient (Wildman–Crippen LogP) is 6.60. The van der Waals surface area contributed by atoms with Crippen molar-refractivity contribution < 1.29 is 9.90 Å². The number of aliphatic hydroxyl groups is 1. The van der Waals surface area contributed by atoms with E-state index in [2.05, 4.69) is 41.3 Å². The summed E-state index contributed by atoms with van der Waals surface area (Å²) in [6, 6.07) is 21.0. The number of imidazole rings is 1. The van der Waals surface area contributed by atoms with Gasteiger partial charge < -0.3 is 15.4 Å². The highest BCUT2D eigenvalue weighted by atomic mass is 35.5. The lowest BCUT2D eigenvalue weighted by atomic mass is 9.98. The van der Waals surface area contributed by atoms with Gasteiger partial charge in [0.15, 0.2) is 0 Å². The zero-order valence-electron chi connectivity index (χ0n) is 20.9. The van der Waals surface area contributed by atoms with Crippen LogP contribution in [-0.2, 0) is 6.61 Å². The number of benzene rings is 3. The summed E-state index contributed by atoms with van der Waals surface area (Å²) in [6.45, 7) is 4.29. The number of nitrogens with one attached hydrogen (secondary N) is 2. The van der Waals surface area contributed by atoms with E-state index in [1.807, 2.05) is 36.4 Å². The Balaban J connectivity index is 1.41. The lowest BCUT2D eigenvalue weighted by Gasteiger charge is -2.17. The summed E-state index contributed by atoms with van der Waals surface area (Å²) in [5, 5.41) is 12.7. The number of fused-ring (bicyclic) bond motifs is 1. The van der Waals surface area contributed by atoms with Gasteiger partial charge in [-0.2, -0.15) is 0 Å². The zero-order valence-corrected chi connectivity index (χ0v) is 22.4. The molecule has 0 aliphatic carbocycles. The van der Waals surface area contributed by atoms with Crippen LogP contribution in [0.1, 0.15) is 44.5 Å². The highest BCUT2D eigenvalue weighted by Gasteiger charge is 2.22. The van der Waals surface area contributed by atoms with Crippen LogP contribution in [0.3, 0.4) is 0 Å². The molecule has 0 spiro atoms. The Morgan fingerprint density at radius 2 is 1.68 bits per heavy atom. The number of pyridine rings is 1. The van der Waals surface area contributed by atoms with Gasteiger partial charge in [-0.15, -0.1) is 0 Å². The molecule has 1 amide bonds. The van der Waals surface area contributed by atoms with Crippen molar-refractivity contribution in [3.8, 4) is 11.1 Å². The second kappa shape index (κ2) is 11.0.